The van der Waals surface area contributed by atoms with Gasteiger partial charge in [-0.25, -0.2) is 8.78 Å². The number of ether oxygens (including phenoxy) is 2. The molecule has 1 fully saturated rings. The van der Waals surface area contributed by atoms with Crippen LogP contribution < -0.4 is 19.8 Å². The van der Waals surface area contributed by atoms with E-state index < -0.39 is 57.3 Å². The maximum Gasteiger partial charge on any atom is 0.414 e. The van der Waals surface area contributed by atoms with Crippen molar-refractivity contribution >= 4 is 26.5 Å². The molecular weight excluding hydrogens is 483 g/mol. The standard InChI is InChI=1S/C17H17ClF5N4O4Si/c18-14-10(19)5-9(6-11(14)20)30-7-13(28)27-32-4-1-12(24-8-32)15-25-26-16(31-15)29-3-2-17(21,22)23/h5-6,12,24H,1-4,7-8H2,(H,27,28)/t12-/m1/s1. The fraction of sp³-hybridized carbons (Fsp3) is 0.471. The molecule has 0 unspecified atom stereocenters. The van der Waals surface area contributed by atoms with Gasteiger partial charge in [0.05, 0.1) is 12.5 Å². The topological polar surface area (TPSA) is 98.5 Å². The number of carbonyl (C=O) groups is 1. The summed E-state index contributed by atoms with van der Waals surface area (Å²) in [6.07, 6.45) is -4.85. The molecule has 2 aromatic rings. The van der Waals surface area contributed by atoms with Gasteiger partial charge in [-0.3, -0.25) is 4.79 Å². The molecule has 8 nitrogen and oxygen atoms in total. The van der Waals surface area contributed by atoms with E-state index in [1.165, 1.54) is 0 Å². The van der Waals surface area contributed by atoms with Gasteiger partial charge in [0.15, 0.2) is 15.6 Å². The lowest BCUT2D eigenvalue weighted by Gasteiger charge is -2.26. The number of carbonyl (C=O) groups excluding carboxylic acids is 1. The van der Waals surface area contributed by atoms with E-state index in [0.717, 1.165) is 12.1 Å². The highest BCUT2D eigenvalue weighted by atomic mass is 35.5. The number of hydrogen-bond donors (Lipinski definition) is 2. The molecular formula is C17H17ClF5N4O4Si. The van der Waals surface area contributed by atoms with Crippen molar-refractivity contribution in [2.45, 2.75) is 31.1 Å². The van der Waals surface area contributed by atoms with Crippen molar-refractivity contribution in [1.29, 1.82) is 0 Å². The first-order chi connectivity index (χ1) is 15.1. The highest BCUT2D eigenvalue weighted by Gasteiger charge is 2.30. The minimum atomic E-state index is -4.34. The van der Waals surface area contributed by atoms with E-state index in [9.17, 15) is 26.7 Å². The molecule has 1 aromatic heterocycles. The predicted octanol–water partition coefficient (Wildman–Crippen LogP) is 3.09. The second kappa shape index (κ2) is 10.4. The van der Waals surface area contributed by atoms with Crippen molar-refractivity contribution in [2.24, 2.45) is 0 Å². The monoisotopic (exact) mass is 499 g/mol. The van der Waals surface area contributed by atoms with Crippen LogP contribution in [0.4, 0.5) is 22.0 Å². The molecule has 3 rings (SSSR count). The summed E-state index contributed by atoms with van der Waals surface area (Å²) in [7, 11) is -1.34. The highest BCUT2D eigenvalue weighted by Crippen LogP contribution is 2.26. The molecule has 1 aliphatic heterocycles. The van der Waals surface area contributed by atoms with Crippen molar-refractivity contribution < 1.29 is 40.6 Å². The number of aromatic nitrogens is 2. The average Bonchev–Trinajstić information content (AvgIpc) is 3.19. The zero-order valence-corrected chi connectivity index (χ0v) is 18.0. The zero-order valence-electron chi connectivity index (χ0n) is 16.3. The second-order valence-corrected chi connectivity index (χ2v) is 9.42. The average molecular weight is 500 g/mol. The molecule has 1 radical (unpaired) electrons. The van der Waals surface area contributed by atoms with Gasteiger partial charge in [-0.1, -0.05) is 16.7 Å². The molecule has 2 heterocycles. The van der Waals surface area contributed by atoms with Gasteiger partial charge in [-0.05, 0) is 12.5 Å². The van der Waals surface area contributed by atoms with Gasteiger partial charge in [0.2, 0.25) is 11.8 Å². The largest absolute Gasteiger partial charge is 0.484 e. The Hall–Kier alpha value is -2.45. The molecule has 1 aliphatic rings. The maximum absolute atomic E-state index is 13.4. The number of hydrogen-bond acceptors (Lipinski definition) is 7. The molecule has 1 saturated heterocycles. The summed E-state index contributed by atoms with van der Waals surface area (Å²) in [5, 5.41) is 9.80. The first-order valence-corrected chi connectivity index (χ1v) is 11.6. The Morgan fingerprint density at radius 2 is 2.00 bits per heavy atom. The van der Waals surface area contributed by atoms with Crippen molar-refractivity contribution in [3.05, 3.63) is 34.7 Å². The molecule has 0 aliphatic carbocycles. The van der Waals surface area contributed by atoms with Crippen LogP contribution in [0.25, 0.3) is 0 Å². The Balaban J connectivity index is 1.40. The molecule has 1 amide bonds. The first-order valence-electron chi connectivity index (χ1n) is 9.29. The SMILES string of the molecule is O=C(COc1cc(F)c(Cl)c(F)c1)N[Si]1CC[C@H](c2nnc(OCCC(F)(F)F)o2)NC1. The van der Waals surface area contributed by atoms with E-state index >= 15 is 0 Å². The van der Waals surface area contributed by atoms with E-state index in [2.05, 4.69) is 20.5 Å². The van der Waals surface area contributed by atoms with E-state index in [1.807, 2.05) is 0 Å². The van der Waals surface area contributed by atoms with E-state index in [1.54, 1.807) is 0 Å². The van der Waals surface area contributed by atoms with Gasteiger partial charge in [0, 0.05) is 18.3 Å². The molecule has 0 spiro atoms. The van der Waals surface area contributed by atoms with Crippen LogP contribution in [0.5, 0.6) is 11.8 Å². The summed E-state index contributed by atoms with van der Waals surface area (Å²) in [6.45, 7) is -1.06. The smallest absolute Gasteiger partial charge is 0.414 e. The summed E-state index contributed by atoms with van der Waals surface area (Å²) >= 11 is 5.39. The summed E-state index contributed by atoms with van der Waals surface area (Å²) in [5.74, 6) is -2.43. The molecule has 32 heavy (non-hydrogen) atoms. The summed E-state index contributed by atoms with van der Waals surface area (Å²) < 4.78 is 78.3. The number of rotatable bonds is 8. The van der Waals surface area contributed by atoms with E-state index in [-0.39, 0.29) is 23.8 Å². The minimum Gasteiger partial charge on any atom is -0.484 e. The van der Waals surface area contributed by atoms with Gasteiger partial charge >= 0.3 is 12.3 Å². The molecule has 1 atom stereocenters. The van der Waals surface area contributed by atoms with Gasteiger partial charge in [-0.15, -0.1) is 5.10 Å². The minimum absolute atomic E-state index is 0.164. The number of nitrogens with zero attached hydrogens (tertiary/aromatic N) is 2. The summed E-state index contributed by atoms with van der Waals surface area (Å²) in [6, 6.07) is 2.06. The third-order valence-electron chi connectivity index (χ3n) is 4.27. The quantitative estimate of drug-likeness (QED) is 0.327. The van der Waals surface area contributed by atoms with Crippen molar-refractivity contribution in [1.82, 2.24) is 20.5 Å². The molecule has 0 saturated carbocycles. The Kier molecular flexibility index (Phi) is 7.90. The van der Waals surface area contributed by atoms with Crippen LogP contribution >= 0.6 is 11.6 Å². The Labute approximate surface area is 185 Å². The van der Waals surface area contributed by atoms with Gasteiger partial charge < -0.3 is 24.2 Å². The molecule has 175 valence electrons. The number of halogens is 6. The molecule has 0 bridgehead atoms. The van der Waals surface area contributed by atoms with Crippen LogP contribution in [-0.4, -0.2) is 50.6 Å². The van der Waals surface area contributed by atoms with Crippen LogP contribution in [0.2, 0.25) is 11.1 Å². The number of amides is 1. The third-order valence-corrected chi connectivity index (χ3v) is 6.79. The predicted molar refractivity (Wildman–Crippen MR) is 101 cm³/mol. The first kappa shape index (κ1) is 24.2. The summed E-state index contributed by atoms with van der Waals surface area (Å²) in [4.78, 5) is 14.9. The van der Waals surface area contributed by atoms with E-state index in [0.29, 0.717) is 18.6 Å². The second-order valence-electron chi connectivity index (χ2n) is 6.73. The Bertz CT molecular complexity index is 917. The number of nitrogens with one attached hydrogen (secondary N) is 2. The zero-order chi connectivity index (χ0) is 23.3. The third kappa shape index (κ3) is 7.03. The fourth-order valence-corrected chi connectivity index (χ4v) is 4.84. The summed E-state index contributed by atoms with van der Waals surface area (Å²) in [5.41, 5.74) is 0. The van der Waals surface area contributed by atoms with Crippen LogP contribution in [0.1, 0.15) is 24.8 Å². The molecule has 15 heteroatoms. The fourth-order valence-electron chi connectivity index (χ4n) is 2.74. The van der Waals surface area contributed by atoms with Crippen LogP contribution in [0, 0.1) is 11.6 Å². The maximum atomic E-state index is 13.4. The lowest BCUT2D eigenvalue weighted by molar-refractivity contribution is -0.140. The highest BCUT2D eigenvalue weighted by molar-refractivity contribution is 6.59. The van der Waals surface area contributed by atoms with Crippen LogP contribution in [-0.2, 0) is 4.79 Å². The van der Waals surface area contributed by atoms with Gasteiger partial charge in [-0.2, -0.15) is 13.2 Å². The Morgan fingerprint density at radius 1 is 1.28 bits per heavy atom. The lowest BCUT2D eigenvalue weighted by Crippen LogP contribution is -2.51. The molecule has 2 N–H and O–H groups in total. The van der Waals surface area contributed by atoms with Gasteiger partial charge in [0.25, 0.3) is 0 Å². The van der Waals surface area contributed by atoms with E-state index in [4.69, 9.17) is 25.5 Å². The van der Waals surface area contributed by atoms with Crippen LogP contribution in [0.15, 0.2) is 16.5 Å². The van der Waals surface area contributed by atoms with Crippen molar-refractivity contribution in [3.8, 4) is 11.8 Å². The van der Waals surface area contributed by atoms with Gasteiger partial charge in [0.1, 0.15) is 29.0 Å². The molecule has 1 aromatic carbocycles. The normalized spacial score (nSPS) is 17.2. The van der Waals surface area contributed by atoms with Crippen molar-refractivity contribution in [3.63, 3.8) is 0 Å². The number of benzene rings is 1. The Morgan fingerprint density at radius 3 is 2.62 bits per heavy atom. The van der Waals surface area contributed by atoms with Crippen molar-refractivity contribution in [2.75, 3.05) is 19.4 Å². The number of alkyl halides is 3. The lowest BCUT2D eigenvalue weighted by atomic mass is 10.2. The van der Waals surface area contributed by atoms with Crippen LogP contribution in [0.3, 0.4) is 0 Å².